The first-order valence-corrected chi connectivity index (χ1v) is 10.5. The molecule has 1 aromatic carbocycles. The second kappa shape index (κ2) is 9.14. The number of nitrogens with zero attached hydrogens (tertiary/aromatic N) is 1. The zero-order chi connectivity index (χ0) is 19.2. The quantitative estimate of drug-likeness (QED) is 0.748. The van der Waals surface area contributed by atoms with Crippen molar-refractivity contribution < 1.29 is 18.0 Å². The van der Waals surface area contributed by atoms with Crippen LogP contribution in [0.2, 0.25) is 0 Å². The number of amides is 2. The van der Waals surface area contributed by atoms with Gasteiger partial charge in [0, 0.05) is 24.7 Å². The Bertz CT molecular complexity index is 749. The van der Waals surface area contributed by atoms with Gasteiger partial charge >= 0.3 is 0 Å². The Kier molecular flexibility index (Phi) is 7.16. The Hall–Kier alpha value is -1.93. The van der Waals surface area contributed by atoms with E-state index in [1.807, 2.05) is 13.8 Å². The van der Waals surface area contributed by atoms with Gasteiger partial charge in [-0.05, 0) is 44.4 Å². The predicted molar refractivity (Wildman–Crippen MR) is 99.3 cm³/mol. The molecule has 2 N–H and O–H groups in total. The van der Waals surface area contributed by atoms with E-state index in [1.54, 1.807) is 6.07 Å². The largest absolute Gasteiger partial charge is 0.355 e. The molecule has 0 aromatic heterocycles. The molecule has 0 unspecified atom stereocenters. The van der Waals surface area contributed by atoms with Gasteiger partial charge in [-0.15, -0.1) is 0 Å². The number of carbonyl (C=O) groups excluding carboxylic acids is 2. The molecular formula is C18H27N3O4S. The van der Waals surface area contributed by atoms with Gasteiger partial charge in [0.1, 0.15) is 0 Å². The summed E-state index contributed by atoms with van der Waals surface area (Å²) < 4.78 is 27.3. The van der Waals surface area contributed by atoms with Crippen molar-refractivity contribution in [1.29, 1.82) is 0 Å². The van der Waals surface area contributed by atoms with E-state index in [4.69, 9.17) is 0 Å². The fraction of sp³-hybridized carbons (Fsp3) is 0.556. The zero-order valence-corrected chi connectivity index (χ0v) is 16.1. The van der Waals surface area contributed by atoms with Crippen molar-refractivity contribution in [1.82, 2.24) is 14.9 Å². The first-order valence-electron chi connectivity index (χ1n) is 9.03. The Labute approximate surface area is 155 Å². The van der Waals surface area contributed by atoms with Crippen LogP contribution in [0.1, 0.15) is 49.9 Å². The lowest BCUT2D eigenvalue weighted by Gasteiger charge is -2.32. The maximum atomic E-state index is 12.9. The molecule has 7 nitrogen and oxygen atoms in total. The number of sulfonamides is 1. The zero-order valence-electron chi connectivity index (χ0n) is 15.3. The van der Waals surface area contributed by atoms with Gasteiger partial charge in [-0.1, -0.05) is 19.4 Å². The summed E-state index contributed by atoms with van der Waals surface area (Å²) in [5.74, 6) is -0.744. The van der Waals surface area contributed by atoms with E-state index in [0.29, 0.717) is 13.1 Å². The summed E-state index contributed by atoms with van der Waals surface area (Å²) in [5.41, 5.74) is 0.221. The number of hydrogen-bond donors (Lipinski definition) is 2. The molecule has 0 bridgehead atoms. The van der Waals surface area contributed by atoms with Gasteiger partial charge in [0.2, 0.25) is 15.9 Å². The predicted octanol–water partition coefficient (Wildman–Crippen LogP) is 1.51. The lowest BCUT2D eigenvalue weighted by molar-refractivity contribution is -0.120. The van der Waals surface area contributed by atoms with Gasteiger partial charge in [0.05, 0.1) is 11.4 Å². The van der Waals surface area contributed by atoms with Gasteiger partial charge < -0.3 is 10.6 Å². The van der Waals surface area contributed by atoms with Crippen LogP contribution in [0.5, 0.6) is 0 Å². The van der Waals surface area contributed by atoms with E-state index < -0.39 is 15.9 Å². The van der Waals surface area contributed by atoms with E-state index >= 15 is 0 Å². The molecular weight excluding hydrogens is 354 g/mol. The van der Waals surface area contributed by atoms with Gasteiger partial charge in [0.25, 0.3) is 5.91 Å². The molecule has 0 saturated carbocycles. The highest BCUT2D eigenvalue weighted by Gasteiger charge is 2.31. The number of piperidine rings is 1. The molecule has 1 aliphatic heterocycles. The van der Waals surface area contributed by atoms with Crippen molar-refractivity contribution in [3.05, 3.63) is 29.8 Å². The minimum absolute atomic E-state index is 0.0477. The molecule has 2 amide bonds. The van der Waals surface area contributed by atoms with Crippen molar-refractivity contribution in [2.45, 2.75) is 50.5 Å². The highest BCUT2D eigenvalue weighted by atomic mass is 32.2. The van der Waals surface area contributed by atoms with Crippen LogP contribution >= 0.6 is 0 Å². The Morgan fingerprint density at radius 3 is 2.69 bits per heavy atom. The van der Waals surface area contributed by atoms with Crippen molar-refractivity contribution in [2.75, 3.05) is 19.6 Å². The second-order valence-electron chi connectivity index (χ2n) is 6.52. The summed E-state index contributed by atoms with van der Waals surface area (Å²) in [6.07, 6.45) is 3.52. The molecule has 1 heterocycles. The molecule has 0 spiro atoms. The number of nitrogens with one attached hydrogen (secondary N) is 2. The molecule has 1 saturated heterocycles. The lowest BCUT2D eigenvalue weighted by Crippen LogP contribution is -2.42. The monoisotopic (exact) mass is 381 g/mol. The second-order valence-corrected chi connectivity index (χ2v) is 8.41. The van der Waals surface area contributed by atoms with Crippen molar-refractivity contribution >= 4 is 21.8 Å². The first-order chi connectivity index (χ1) is 12.4. The minimum atomic E-state index is -3.64. The average molecular weight is 381 g/mol. The summed E-state index contributed by atoms with van der Waals surface area (Å²) in [6.45, 7) is 4.75. The molecule has 1 aliphatic rings. The van der Waals surface area contributed by atoms with Gasteiger partial charge in [0.15, 0.2) is 0 Å². The van der Waals surface area contributed by atoms with Crippen LogP contribution in [0.25, 0.3) is 0 Å². The summed E-state index contributed by atoms with van der Waals surface area (Å²) in [6, 6.07) is 5.91. The van der Waals surface area contributed by atoms with Crippen molar-refractivity contribution in [3.63, 3.8) is 0 Å². The van der Waals surface area contributed by atoms with E-state index in [0.717, 1.165) is 25.7 Å². The smallest absolute Gasteiger partial charge is 0.251 e. The van der Waals surface area contributed by atoms with E-state index in [9.17, 15) is 18.0 Å². The molecule has 26 heavy (non-hydrogen) atoms. The van der Waals surface area contributed by atoms with Crippen LogP contribution in [-0.2, 0) is 14.8 Å². The molecule has 1 aromatic rings. The number of hydrogen-bond acceptors (Lipinski definition) is 4. The van der Waals surface area contributed by atoms with E-state index in [2.05, 4.69) is 10.6 Å². The highest BCUT2D eigenvalue weighted by Crippen LogP contribution is 2.25. The fourth-order valence-corrected chi connectivity index (χ4v) is 4.70. The number of carbonyl (C=O) groups is 2. The molecule has 8 heteroatoms. The Morgan fingerprint density at radius 1 is 1.23 bits per heavy atom. The lowest BCUT2D eigenvalue weighted by atomic mass is 10.1. The summed E-state index contributed by atoms with van der Waals surface area (Å²) in [5, 5.41) is 5.18. The number of rotatable bonds is 7. The summed E-state index contributed by atoms with van der Waals surface area (Å²) in [4.78, 5) is 23.9. The van der Waals surface area contributed by atoms with Crippen molar-refractivity contribution in [3.8, 4) is 0 Å². The highest BCUT2D eigenvalue weighted by molar-refractivity contribution is 7.89. The molecule has 0 aliphatic carbocycles. The normalized spacial score (nSPS) is 18.3. The van der Waals surface area contributed by atoms with Crippen LogP contribution in [0.3, 0.4) is 0 Å². The SMILES string of the molecule is CCCNC(=O)CNC(=O)c1cccc(S(=O)(=O)N2CCCC[C@H]2C)c1. The average Bonchev–Trinajstić information content (AvgIpc) is 2.64. The van der Waals surface area contributed by atoms with Gasteiger partial charge in [-0.3, -0.25) is 9.59 Å². The molecule has 144 valence electrons. The maximum absolute atomic E-state index is 12.9. The standard InChI is InChI=1S/C18H27N3O4S/c1-3-10-19-17(22)13-20-18(23)15-8-6-9-16(12-15)26(24,25)21-11-5-4-7-14(21)2/h6,8-9,12,14H,3-5,7,10-11,13H2,1-2H3,(H,19,22)(H,20,23)/t14-/m1/s1. The molecule has 0 radical (unpaired) electrons. The van der Waals surface area contributed by atoms with Crippen LogP contribution in [0, 0.1) is 0 Å². The third kappa shape index (κ3) is 5.04. The van der Waals surface area contributed by atoms with Gasteiger partial charge in [-0.25, -0.2) is 8.42 Å². The first kappa shape index (κ1) is 20.4. The van der Waals surface area contributed by atoms with Crippen LogP contribution in [-0.4, -0.2) is 50.2 Å². The summed E-state index contributed by atoms with van der Waals surface area (Å²) in [7, 11) is -3.64. The Balaban J connectivity index is 2.09. The number of benzene rings is 1. The van der Waals surface area contributed by atoms with Crippen LogP contribution in [0.4, 0.5) is 0 Å². The fourth-order valence-electron chi connectivity index (χ4n) is 2.95. The third-order valence-corrected chi connectivity index (χ3v) is 6.44. The maximum Gasteiger partial charge on any atom is 0.251 e. The van der Waals surface area contributed by atoms with Crippen LogP contribution in [0.15, 0.2) is 29.2 Å². The topological polar surface area (TPSA) is 95.6 Å². The van der Waals surface area contributed by atoms with Gasteiger partial charge in [-0.2, -0.15) is 4.31 Å². The summed E-state index contributed by atoms with van der Waals surface area (Å²) >= 11 is 0. The van der Waals surface area contributed by atoms with E-state index in [1.165, 1.54) is 22.5 Å². The molecule has 1 atom stereocenters. The molecule has 2 rings (SSSR count). The third-order valence-electron chi connectivity index (χ3n) is 4.43. The minimum Gasteiger partial charge on any atom is -0.355 e. The Morgan fingerprint density at radius 2 is 2.00 bits per heavy atom. The molecule has 1 fully saturated rings. The van der Waals surface area contributed by atoms with Crippen LogP contribution < -0.4 is 10.6 Å². The van der Waals surface area contributed by atoms with Crippen molar-refractivity contribution in [2.24, 2.45) is 0 Å². The van der Waals surface area contributed by atoms with E-state index in [-0.39, 0.29) is 29.0 Å².